The highest BCUT2D eigenvalue weighted by Gasteiger charge is 2.27. The molecule has 10 nitrogen and oxygen atoms in total. The Morgan fingerprint density at radius 1 is 0.882 bits per heavy atom. The van der Waals surface area contributed by atoms with Gasteiger partial charge >= 0.3 is 0 Å². The molecule has 1 aliphatic rings. The summed E-state index contributed by atoms with van der Waals surface area (Å²) in [6, 6.07) is 16.0. The molecular formula is C22H21N5O5S2. The van der Waals surface area contributed by atoms with Crippen molar-refractivity contribution in [2.45, 2.75) is 22.3 Å². The summed E-state index contributed by atoms with van der Waals surface area (Å²) in [6.45, 7) is 3.32. The molecule has 12 heteroatoms. The van der Waals surface area contributed by atoms with Gasteiger partial charge in [-0.15, -0.1) is 20.4 Å². The van der Waals surface area contributed by atoms with Gasteiger partial charge in [-0.2, -0.15) is 4.31 Å². The SMILES string of the molecule is C[C@@H](Sc1nnc(-c2cccc(S(=O)(=O)N3CCOCC3)c2)o1)c1nnc(-c2ccccc2)o1. The van der Waals surface area contributed by atoms with Gasteiger partial charge in [0.1, 0.15) is 0 Å². The minimum absolute atomic E-state index is 0.173. The fourth-order valence-corrected chi connectivity index (χ4v) is 5.57. The third-order valence-electron chi connectivity index (χ3n) is 5.18. The lowest BCUT2D eigenvalue weighted by atomic mass is 10.2. The van der Waals surface area contributed by atoms with Crippen LogP contribution in [0.3, 0.4) is 0 Å². The van der Waals surface area contributed by atoms with Crippen molar-refractivity contribution in [3.63, 3.8) is 0 Å². The van der Waals surface area contributed by atoms with Crippen molar-refractivity contribution in [3.05, 3.63) is 60.5 Å². The third-order valence-corrected chi connectivity index (χ3v) is 8.00. The Kier molecular flexibility index (Phi) is 6.46. The van der Waals surface area contributed by atoms with Crippen molar-refractivity contribution in [3.8, 4) is 22.9 Å². The fraction of sp³-hybridized carbons (Fsp3) is 0.273. The summed E-state index contributed by atoms with van der Waals surface area (Å²) in [5.74, 6) is 1.10. The Balaban J connectivity index is 1.31. The van der Waals surface area contributed by atoms with Gasteiger partial charge in [-0.05, 0) is 37.3 Å². The van der Waals surface area contributed by atoms with E-state index in [9.17, 15) is 8.42 Å². The minimum atomic E-state index is -3.63. The average Bonchev–Trinajstić information content (AvgIpc) is 3.56. The van der Waals surface area contributed by atoms with E-state index in [4.69, 9.17) is 13.6 Å². The van der Waals surface area contributed by atoms with Gasteiger partial charge in [0.15, 0.2) is 0 Å². The van der Waals surface area contributed by atoms with Crippen LogP contribution in [0.2, 0.25) is 0 Å². The van der Waals surface area contributed by atoms with Crippen LogP contribution in [0.25, 0.3) is 22.9 Å². The number of hydrogen-bond acceptors (Lipinski definition) is 10. The Morgan fingerprint density at radius 3 is 2.38 bits per heavy atom. The van der Waals surface area contributed by atoms with Gasteiger partial charge in [0.25, 0.3) is 5.22 Å². The molecule has 34 heavy (non-hydrogen) atoms. The Morgan fingerprint density at radius 2 is 1.59 bits per heavy atom. The lowest BCUT2D eigenvalue weighted by Crippen LogP contribution is -2.40. The van der Waals surface area contributed by atoms with Gasteiger partial charge in [-0.1, -0.05) is 36.0 Å². The van der Waals surface area contributed by atoms with E-state index in [0.717, 1.165) is 5.56 Å². The molecule has 0 unspecified atom stereocenters. The number of thioether (sulfide) groups is 1. The zero-order valence-corrected chi connectivity index (χ0v) is 19.8. The minimum Gasteiger partial charge on any atom is -0.419 e. The molecule has 1 fully saturated rings. The number of nitrogens with zero attached hydrogens (tertiary/aromatic N) is 5. The molecule has 1 aliphatic heterocycles. The van der Waals surface area contributed by atoms with Gasteiger partial charge in [0.05, 0.1) is 23.4 Å². The zero-order chi connectivity index (χ0) is 23.5. The first-order valence-electron chi connectivity index (χ1n) is 10.6. The van der Waals surface area contributed by atoms with Crippen molar-refractivity contribution in [2.24, 2.45) is 0 Å². The number of hydrogen-bond donors (Lipinski definition) is 0. The lowest BCUT2D eigenvalue weighted by Gasteiger charge is -2.26. The van der Waals surface area contributed by atoms with Gasteiger partial charge in [-0.25, -0.2) is 8.42 Å². The van der Waals surface area contributed by atoms with Gasteiger partial charge in [0.2, 0.25) is 27.7 Å². The van der Waals surface area contributed by atoms with Gasteiger partial charge in [0, 0.05) is 24.2 Å². The molecule has 0 bridgehead atoms. The topological polar surface area (TPSA) is 124 Å². The van der Waals surface area contributed by atoms with E-state index in [2.05, 4.69) is 20.4 Å². The van der Waals surface area contributed by atoms with E-state index in [0.29, 0.717) is 48.9 Å². The summed E-state index contributed by atoms with van der Waals surface area (Å²) in [7, 11) is -3.63. The number of sulfonamides is 1. The van der Waals surface area contributed by atoms with Crippen LogP contribution in [0.5, 0.6) is 0 Å². The average molecular weight is 500 g/mol. The summed E-state index contributed by atoms with van der Waals surface area (Å²) < 4.78 is 44.2. The molecule has 1 saturated heterocycles. The molecule has 1 atom stereocenters. The molecule has 0 spiro atoms. The molecule has 2 aromatic carbocycles. The third kappa shape index (κ3) is 4.75. The van der Waals surface area contributed by atoms with Crippen molar-refractivity contribution in [2.75, 3.05) is 26.3 Å². The first-order valence-corrected chi connectivity index (χ1v) is 12.9. The van der Waals surface area contributed by atoms with Crippen LogP contribution >= 0.6 is 11.8 Å². The number of aromatic nitrogens is 4. The molecule has 2 aromatic heterocycles. The quantitative estimate of drug-likeness (QED) is 0.348. The molecule has 4 aromatic rings. The molecule has 176 valence electrons. The van der Waals surface area contributed by atoms with Crippen molar-refractivity contribution >= 4 is 21.8 Å². The smallest absolute Gasteiger partial charge is 0.277 e. The lowest BCUT2D eigenvalue weighted by molar-refractivity contribution is 0.0730. The number of rotatable bonds is 7. The monoisotopic (exact) mass is 499 g/mol. The maximum absolute atomic E-state index is 13.0. The first-order chi connectivity index (χ1) is 16.5. The van der Waals surface area contributed by atoms with Crippen molar-refractivity contribution in [1.29, 1.82) is 0 Å². The second-order valence-electron chi connectivity index (χ2n) is 7.49. The number of ether oxygens (including phenoxy) is 1. The van der Waals surface area contributed by atoms with Crippen LogP contribution in [0.1, 0.15) is 18.1 Å². The summed E-state index contributed by atoms with van der Waals surface area (Å²) in [6.07, 6.45) is 0. The predicted octanol–water partition coefficient (Wildman–Crippen LogP) is 3.66. The highest BCUT2D eigenvalue weighted by molar-refractivity contribution is 7.99. The number of morpholine rings is 1. The first kappa shape index (κ1) is 22.7. The molecule has 0 N–H and O–H groups in total. The second-order valence-corrected chi connectivity index (χ2v) is 10.7. The molecule has 0 amide bonds. The van der Waals surface area contributed by atoms with Crippen LogP contribution < -0.4 is 0 Å². The summed E-state index contributed by atoms with van der Waals surface area (Å²) >= 11 is 1.28. The van der Waals surface area contributed by atoms with Gasteiger partial charge in [-0.3, -0.25) is 0 Å². The maximum atomic E-state index is 13.0. The van der Waals surface area contributed by atoms with Crippen LogP contribution in [-0.2, 0) is 14.8 Å². The summed E-state index contributed by atoms with van der Waals surface area (Å²) in [5, 5.41) is 16.5. The van der Waals surface area contributed by atoms with Crippen LogP contribution in [0.15, 0.2) is 73.5 Å². The maximum Gasteiger partial charge on any atom is 0.277 e. The molecule has 0 radical (unpaired) electrons. The van der Waals surface area contributed by atoms with Crippen LogP contribution in [0, 0.1) is 0 Å². The molecule has 5 rings (SSSR count). The summed E-state index contributed by atoms with van der Waals surface area (Å²) in [5.41, 5.74) is 1.36. The van der Waals surface area contributed by atoms with Crippen molar-refractivity contribution < 1.29 is 22.0 Å². The fourth-order valence-electron chi connectivity index (χ4n) is 3.40. The van der Waals surface area contributed by atoms with E-state index < -0.39 is 10.0 Å². The molecule has 0 aliphatic carbocycles. The number of benzene rings is 2. The largest absolute Gasteiger partial charge is 0.419 e. The van der Waals surface area contributed by atoms with Crippen molar-refractivity contribution in [1.82, 2.24) is 24.7 Å². The van der Waals surface area contributed by atoms with Crippen LogP contribution in [0.4, 0.5) is 0 Å². The second kappa shape index (κ2) is 9.66. The zero-order valence-electron chi connectivity index (χ0n) is 18.2. The van der Waals surface area contributed by atoms with E-state index >= 15 is 0 Å². The molecule has 0 saturated carbocycles. The Hall–Kier alpha value is -3.06. The molecule has 3 heterocycles. The standard InChI is InChI=1S/C22H21N5O5S2/c1-15(19-23-24-20(31-19)16-6-3-2-4-7-16)33-22-26-25-21(32-22)17-8-5-9-18(14-17)34(28,29)27-10-12-30-13-11-27/h2-9,14-15H,10-13H2,1H3/t15-/m1/s1. The highest BCUT2D eigenvalue weighted by atomic mass is 32.2. The predicted molar refractivity (Wildman–Crippen MR) is 123 cm³/mol. The Labute approximate surface area is 200 Å². The summed E-state index contributed by atoms with van der Waals surface area (Å²) in [4.78, 5) is 0.173. The Bertz CT molecular complexity index is 1370. The van der Waals surface area contributed by atoms with E-state index in [1.54, 1.807) is 24.3 Å². The van der Waals surface area contributed by atoms with E-state index in [1.807, 2.05) is 37.3 Å². The van der Waals surface area contributed by atoms with E-state index in [1.165, 1.54) is 16.1 Å². The normalized spacial score (nSPS) is 15.9. The molecular weight excluding hydrogens is 478 g/mol. The van der Waals surface area contributed by atoms with Crippen LogP contribution in [-0.4, -0.2) is 59.4 Å². The highest BCUT2D eigenvalue weighted by Crippen LogP contribution is 2.35. The van der Waals surface area contributed by atoms with Gasteiger partial charge < -0.3 is 13.6 Å². The van der Waals surface area contributed by atoms with E-state index in [-0.39, 0.29) is 16.0 Å².